The molecule has 3 saturated heterocycles. The number of fused-ring (bicyclic) bond motifs is 1. The Hall–Kier alpha value is -2.19. The maximum absolute atomic E-state index is 15.0. The van der Waals surface area contributed by atoms with Crippen molar-refractivity contribution in [2.24, 2.45) is 29.1 Å². The molecule has 3 amide bonds. The fraction of sp³-hybridized carbons (Fsp3) is 0.788. The Kier molecular flexibility index (Phi) is 9.33. The van der Waals surface area contributed by atoms with E-state index in [1.165, 1.54) is 0 Å². The molecule has 3 heterocycles. The first-order valence-corrected chi connectivity index (χ1v) is 15.2. The number of aliphatic hydroxyl groups excluding tert-OH is 1. The van der Waals surface area contributed by atoms with Gasteiger partial charge in [-0.05, 0) is 57.3 Å². The number of likely N-dealkylation sites (tertiary alicyclic amines) is 1. The molecule has 2 bridgehead atoms. The number of ether oxygens (including phenoxy) is 1. The first kappa shape index (κ1) is 33.3. The maximum Gasteiger partial charge on any atom is 0.249 e. The van der Waals surface area contributed by atoms with Gasteiger partial charge in [0.1, 0.15) is 11.6 Å². The Labute approximate surface area is 248 Å². The zero-order valence-corrected chi connectivity index (χ0v) is 27.2. The maximum atomic E-state index is 15.0. The van der Waals surface area contributed by atoms with Crippen LogP contribution >= 0.6 is 0 Å². The third kappa shape index (κ3) is 5.63. The number of aliphatic hydroxyl groups is 1. The van der Waals surface area contributed by atoms with Gasteiger partial charge in [0.25, 0.3) is 0 Å². The summed E-state index contributed by atoms with van der Waals surface area (Å²) in [5.74, 6) is -2.07. The number of carbonyl (C=O) groups excluding carboxylic acids is 3. The Morgan fingerprint density at radius 3 is 2.22 bits per heavy atom. The van der Waals surface area contributed by atoms with Crippen LogP contribution in [0.3, 0.4) is 0 Å². The van der Waals surface area contributed by atoms with Gasteiger partial charge >= 0.3 is 0 Å². The van der Waals surface area contributed by atoms with Crippen LogP contribution in [0.4, 0.5) is 0 Å². The minimum absolute atomic E-state index is 0.0546. The molecular weight excluding hydrogens is 518 g/mol. The Morgan fingerprint density at radius 1 is 1.15 bits per heavy atom. The highest BCUT2D eigenvalue weighted by Gasteiger charge is 2.80. The number of hydrogen-bond acceptors (Lipinski definition) is 5. The number of carbonyl (C=O) groups is 3. The monoisotopic (exact) mass is 573 g/mol. The fourth-order valence-electron chi connectivity index (χ4n) is 8.37. The molecule has 0 aromatic heterocycles. The van der Waals surface area contributed by atoms with Crippen LogP contribution in [0.2, 0.25) is 0 Å². The van der Waals surface area contributed by atoms with E-state index in [1.54, 1.807) is 29.0 Å². The van der Waals surface area contributed by atoms with Crippen molar-refractivity contribution < 1.29 is 24.2 Å². The molecule has 8 nitrogen and oxygen atoms in total. The van der Waals surface area contributed by atoms with Gasteiger partial charge in [0.05, 0.1) is 30.1 Å². The van der Waals surface area contributed by atoms with Crippen LogP contribution in [0, 0.1) is 29.1 Å². The van der Waals surface area contributed by atoms with Crippen molar-refractivity contribution >= 4 is 17.7 Å². The summed E-state index contributed by atoms with van der Waals surface area (Å²) in [7, 11) is 1.71. The molecule has 7 atom stereocenters. The molecule has 3 aliphatic rings. The summed E-state index contributed by atoms with van der Waals surface area (Å²) in [6.07, 6.45) is 5.14. The molecule has 0 saturated carbocycles. The molecule has 3 unspecified atom stereocenters. The van der Waals surface area contributed by atoms with E-state index in [2.05, 4.69) is 54.7 Å². The molecular formula is C33H55N3O5. The summed E-state index contributed by atoms with van der Waals surface area (Å²) in [4.78, 5) is 48.6. The molecule has 232 valence electrons. The van der Waals surface area contributed by atoms with Gasteiger partial charge in [0.15, 0.2) is 0 Å². The predicted molar refractivity (Wildman–Crippen MR) is 162 cm³/mol. The van der Waals surface area contributed by atoms with Gasteiger partial charge in [0.2, 0.25) is 17.7 Å². The fourth-order valence-corrected chi connectivity index (χ4v) is 8.37. The van der Waals surface area contributed by atoms with Crippen molar-refractivity contribution in [3.8, 4) is 0 Å². The second-order valence-electron chi connectivity index (χ2n) is 15.2. The summed E-state index contributed by atoms with van der Waals surface area (Å²) in [5, 5.41) is 10.6. The lowest BCUT2D eigenvalue weighted by Crippen LogP contribution is -2.62. The summed E-state index contributed by atoms with van der Waals surface area (Å²) < 4.78 is 6.93. The molecule has 0 radical (unpaired) electrons. The van der Waals surface area contributed by atoms with Crippen LogP contribution < -0.4 is 0 Å². The van der Waals surface area contributed by atoms with E-state index in [1.807, 2.05) is 25.7 Å². The number of rotatable bonds is 12. The number of hydrogen-bond donors (Lipinski definition) is 1. The zero-order valence-electron chi connectivity index (χ0n) is 27.2. The highest BCUT2D eigenvalue weighted by molar-refractivity contribution is 5.99. The summed E-state index contributed by atoms with van der Waals surface area (Å²) in [6, 6.07) is -1.53. The number of likely N-dealkylation sites (N-methyl/N-ethyl adjacent to an activating group) is 1. The number of nitrogens with zero attached hydrogens (tertiary/aromatic N) is 3. The van der Waals surface area contributed by atoms with E-state index in [0.717, 1.165) is 6.42 Å². The lowest BCUT2D eigenvalue weighted by Gasteiger charge is -2.46. The van der Waals surface area contributed by atoms with E-state index < -0.39 is 40.7 Å². The van der Waals surface area contributed by atoms with Gasteiger partial charge in [-0.25, -0.2) is 0 Å². The van der Waals surface area contributed by atoms with Crippen LogP contribution in [0.5, 0.6) is 0 Å². The molecule has 41 heavy (non-hydrogen) atoms. The van der Waals surface area contributed by atoms with Crippen molar-refractivity contribution in [3.63, 3.8) is 0 Å². The molecule has 1 N–H and O–H groups in total. The third-order valence-corrected chi connectivity index (χ3v) is 9.65. The van der Waals surface area contributed by atoms with Crippen molar-refractivity contribution in [1.29, 1.82) is 0 Å². The van der Waals surface area contributed by atoms with Gasteiger partial charge in [-0.3, -0.25) is 14.4 Å². The van der Waals surface area contributed by atoms with Gasteiger partial charge in [-0.15, -0.1) is 13.2 Å². The second kappa shape index (κ2) is 11.5. The van der Waals surface area contributed by atoms with Gasteiger partial charge in [0, 0.05) is 25.7 Å². The van der Waals surface area contributed by atoms with Crippen LogP contribution in [0.25, 0.3) is 0 Å². The summed E-state index contributed by atoms with van der Waals surface area (Å²) in [5.41, 5.74) is -2.67. The van der Waals surface area contributed by atoms with Crippen LogP contribution in [0.1, 0.15) is 81.6 Å². The van der Waals surface area contributed by atoms with Crippen LogP contribution in [0.15, 0.2) is 25.3 Å². The van der Waals surface area contributed by atoms with Gasteiger partial charge < -0.3 is 24.5 Å². The van der Waals surface area contributed by atoms with Crippen molar-refractivity contribution in [3.05, 3.63) is 25.3 Å². The zero-order chi connectivity index (χ0) is 31.3. The molecule has 0 aromatic rings. The summed E-state index contributed by atoms with van der Waals surface area (Å²) in [6.45, 7) is 26.7. The Bertz CT molecular complexity index is 1050. The lowest BCUT2D eigenvalue weighted by atomic mass is 9.62. The van der Waals surface area contributed by atoms with E-state index in [0.29, 0.717) is 25.9 Å². The molecule has 0 aromatic carbocycles. The summed E-state index contributed by atoms with van der Waals surface area (Å²) >= 11 is 0. The minimum Gasteiger partial charge on any atom is -0.394 e. The van der Waals surface area contributed by atoms with E-state index in [9.17, 15) is 19.5 Å². The second-order valence-corrected chi connectivity index (χ2v) is 15.2. The van der Waals surface area contributed by atoms with E-state index >= 15 is 0 Å². The normalized spacial score (nSPS) is 31.8. The smallest absolute Gasteiger partial charge is 0.249 e. The highest BCUT2D eigenvalue weighted by atomic mass is 16.5. The van der Waals surface area contributed by atoms with Crippen LogP contribution in [-0.2, 0) is 19.1 Å². The average Bonchev–Trinajstić information content (AvgIpc) is 3.35. The molecule has 3 aliphatic heterocycles. The highest BCUT2D eigenvalue weighted by Crippen LogP contribution is 2.66. The van der Waals surface area contributed by atoms with E-state index in [-0.39, 0.29) is 41.6 Å². The van der Waals surface area contributed by atoms with Gasteiger partial charge in [-0.2, -0.15) is 0 Å². The predicted octanol–water partition coefficient (Wildman–Crippen LogP) is 4.28. The first-order chi connectivity index (χ1) is 18.8. The van der Waals surface area contributed by atoms with Crippen molar-refractivity contribution in [2.75, 3.05) is 26.7 Å². The lowest BCUT2D eigenvalue weighted by molar-refractivity contribution is -0.161. The van der Waals surface area contributed by atoms with Gasteiger partial charge in [-0.1, -0.05) is 53.7 Å². The topological polar surface area (TPSA) is 90.4 Å². The van der Waals surface area contributed by atoms with Crippen LogP contribution in [-0.4, -0.2) is 93.1 Å². The standard InChI is InChI=1S/C33H55N3O5/c1-13-15-34(12)27(38)24-25-28(39)36(23(19-37)17-21(3)4)26(33(25)18-22(5)32(24,11)41-33)29(40)35(16-14-2)31(9,10)20-30(6,7)8/h13-14,21-26,37H,1-2,15-20H2,3-12H3/t22?,23-,24+,25+,26?,32-,33?/m1/s1. The largest absolute Gasteiger partial charge is 0.394 e. The Morgan fingerprint density at radius 2 is 1.73 bits per heavy atom. The first-order valence-electron chi connectivity index (χ1n) is 15.2. The molecule has 3 fully saturated rings. The Balaban J connectivity index is 2.24. The molecule has 0 aliphatic carbocycles. The average molecular weight is 574 g/mol. The minimum atomic E-state index is -1.17. The number of amides is 3. The molecule has 3 rings (SSSR count). The third-order valence-electron chi connectivity index (χ3n) is 9.65. The van der Waals surface area contributed by atoms with E-state index in [4.69, 9.17) is 4.74 Å². The van der Waals surface area contributed by atoms with Crippen molar-refractivity contribution in [2.45, 2.75) is 110 Å². The SMILES string of the molecule is C=CCN(C)C(=O)[C@@H]1[C@H]2C(=O)N([C@@H](CO)CC(C)C)C(C(=O)N(CC=C)C(C)(C)CC(C)(C)C)C23CC(C)[C@@]1(C)O3. The quantitative estimate of drug-likeness (QED) is 0.352. The molecule has 1 spiro atoms. The van der Waals surface area contributed by atoms with Crippen molar-refractivity contribution in [1.82, 2.24) is 14.7 Å². The molecule has 8 heteroatoms.